The highest BCUT2D eigenvalue weighted by atomic mass is 16.2. The highest BCUT2D eigenvalue weighted by Gasteiger charge is 2.44. The van der Waals surface area contributed by atoms with Crippen molar-refractivity contribution < 1.29 is 4.79 Å². The van der Waals surface area contributed by atoms with Gasteiger partial charge in [-0.1, -0.05) is 6.07 Å². The molecule has 0 aromatic carbocycles. The van der Waals surface area contributed by atoms with Crippen LogP contribution in [0.25, 0.3) is 0 Å². The number of pyridine rings is 1. The van der Waals surface area contributed by atoms with Crippen molar-refractivity contribution in [3.05, 3.63) is 29.6 Å². The summed E-state index contributed by atoms with van der Waals surface area (Å²) in [5.74, 6) is 0. The molecule has 118 valence electrons. The van der Waals surface area contributed by atoms with Crippen LogP contribution in [0.3, 0.4) is 0 Å². The van der Waals surface area contributed by atoms with Gasteiger partial charge in [0.25, 0.3) is 0 Å². The molecule has 4 rings (SSSR count). The number of aromatic nitrogens is 1. The van der Waals surface area contributed by atoms with Crippen LogP contribution in [0, 0.1) is 6.92 Å². The van der Waals surface area contributed by atoms with Gasteiger partial charge in [-0.15, -0.1) is 0 Å². The van der Waals surface area contributed by atoms with E-state index in [0.717, 1.165) is 56.7 Å². The molecule has 2 amide bonds. The summed E-state index contributed by atoms with van der Waals surface area (Å²) in [5.41, 5.74) is 2.21. The third kappa shape index (κ3) is 2.70. The molecule has 1 aromatic rings. The lowest BCUT2D eigenvalue weighted by molar-refractivity contribution is 0.186. The van der Waals surface area contributed by atoms with E-state index in [4.69, 9.17) is 0 Å². The van der Waals surface area contributed by atoms with Gasteiger partial charge in [0.1, 0.15) is 0 Å². The molecular weight excluding hydrogens is 276 g/mol. The zero-order valence-electron chi connectivity index (χ0n) is 13.2. The Bertz CT molecular complexity index is 572. The van der Waals surface area contributed by atoms with Gasteiger partial charge in [-0.2, -0.15) is 0 Å². The average molecular weight is 300 g/mol. The molecule has 3 heterocycles. The Morgan fingerprint density at radius 2 is 2.05 bits per heavy atom. The third-order valence-electron chi connectivity index (χ3n) is 5.17. The van der Waals surface area contributed by atoms with Crippen molar-refractivity contribution in [2.24, 2.45) is 0 Å². The maximum absolute atomic E-state index is 12.3. The molecule has 1 aliphatic carbocycles. The molecule has 2 aliphatic heterocycles. The molecule has 22 heavy (non-hydrogen) atoms. The lowest BCUT2D eigenvalue weighted by Crippen LogP contribution is -2.45. The standard InChI is InChI=1S/C17H24N4O/c1-12-3-2-4-14(18-12)11-20-9-7-16-15(20)8-10-21(16)17(22)19-13-5-6-13/h2-4,13,15-16H,5-11H2,1H3,(H,19,22)/t15-,16+/m0/s1. The molecule has 5 nitrogen and oxygen atoms in total. The van der Waals surface area contributed by atoms with Gasteiger partial charge in [0, 0.05) is 37.4 Å². The van der Waals surface area contributed by atoms with E-state index in [1.54, 1.807) is 0 Å². The molecule has 2 atom stereocenters. The molecular formula is C17H24N4O. The molecule has 1 aromatic heterocycles. The van der Waals surface area contributed by atoms with E-state index in [1.165, 1.54) is 0 Å². The SMILES string of the molecule is Cc1cccc(CN2CC[C@@H]3[C@@H]2CCN3C(=O)NC2CC2)n1. The molecule has 0 unspecified atom stereocenters. The van der Waals surface area contributed by atoms with Crippen LogP contribution in [0.15, 0.2) is 18.2 Å². The molecule has 1 saturated carbocycles. The molecule has 0 bridgehead atoms. The summed E-state index contributed by atoms with van der Waals surface area (Å²) in [4.78, 5) is 21.5. The zero-order valence-corrected chi connectivity index (χ0v) is 13.2. The Morgan fingerprint density at radius 1 is 1.23 bits per heavy atom. The fraction of sp³-hybridized carbons (Fsp3) is 0.647. The summed E-state index contributed by atoms with van der Waals surface area (Å²) < 4.78 is 0. The molecule has 0 spiro atoms. The van der Waals surface area contributed by atoms with Gasteiger partial charge in [-0.25, -0.2) is 4.79 Å². The Kier molecular flexibility index (Phi) is 3.53. The second-order valence-corrected chi connectivity index (χ2v) is 6.87. The smallest absolute Gasteiger partial charge is 0.317 e. The van der Waals surface area contributed by atoms with Crippen molar-refractivity contribution in [1.29, 1.82) is 0 Å². The lowest BCUT2D eigenvalue weighted by atomic mass is 10.1. The molecule has 2 saturated heterocycles. The highest BCUT2D eigenvalue weighted by Crippen LogP contribution is 2.33. The van der Waals surface area contributed by atoms with E-state index >= 15 is 0 Å². The van der Waals surface area contributed by atoms with Crippen molar-refractivity contribution >= 4 is 6.03 Å². The molecule has 1 N–H and O–H groups in total. The predicted octanol–water partition coefficient (Wildman–Crippen LogP) is 1.91. The van der Waals surface area contributed by atoms with Gasteiger partial charge in [0.05, 0.1) is 11.7 Å². The van der Waals surface area contributed by atoms with E-state index in [0.29, 0.717) is 18.1 Å². The number of hydrogen-bond donors (Lipinski definition) is 1. The number of hydrogen-bond acceptors (Lipinski definition) is 3. The van der Waals surface area contributed by atoms with E-state index in [1.807, 2.05) is 13.0 Å². The summed E-state index contributed by atoms with van der Waals surface area (Å²) >= 11 is 0. The van der Waals surface area contributed by atoms with Crippen LogP contribution in [0.5, 0.6) is 0 Å². The second-order valence-electron chi connectivity index (χ2n) is 6.87. The number of amides is 2. The second kappa shape index (κ2) is 5.54. The zero-order chi connectivity index (χ0) is 15.1. The van der Waals surface area contributed by atoms with Gasteiger partial charge >= 0.3 is 6.03 Å². The summed E-state index contributed by atoms with van der Waals surface area (Å²) in [6, 6.07) is 7.72. The van der Waals surface area contributed by atoms with Crippen LogP contribution >= 0.6 is 0 Å². The number of nitrogens with one attached hydrogen (secondary N) is 1. The van der Waals surface area contributed by atoms with Crippen LogP contribution in [0.4, 0.5) is 4.79 Å². The molecule has 0 radical (unpaired) electrons. The minimum atomic E-state index is 0.158. The van der Waals surface area contributed by atoms with Crippen LogP contribution in [0.1, 0.15) is 37.1 Å². The molecule has 3 fully saturated rings. The van der Waals surface area contributed by atoms with Crippen LogP contribution in [0.2, 0.25) is 0 Å². The number of nitrogens with zero attached hydrogens (tertiary/aromatic N) is 3. The number of rotatable bonds is 3. The van der Waals surface area contributed by atoms with Crippen molar-refractivity contribution in [2.45, 2.75) is 57.3 Å². The lowest BCUT2D eigenvalue weighted by Gasteiger charge is -2.25. The average Bonchev–Trinajstić information content (AvgIpc) is 3.07. The predicted molar refractivity (Wildman–Crippen MR) is 84.5 cm³/mol. The van der Waals surface area contributed by atoms with E-state index < -0.39 is 0 Å². The first-order valence-corrected chi connectivity index (χ1v) is 8.44. The van der Waals surface area contributed by atoms with E-state index in [2.05, 4.69) is 32.2 Å². The number of urea groups is 1. The normalized spacial score (nSPS) is 28.0. The monoisotopic (exact) mass is 300 g/mol. The fourth-order valence-electron chi connectivity index (χ4n) is 3.90. The Labute approximate surface area is 131 Å². The topological polar surface area (TPSA) is 48.5 Å². The first-order valence-electron chi connectivity index (χ1n) is 8.44. The first kappa shape index (κ1) is 14.0. The molecule has 5 heteroatoms. The number of carbonyl (C=O) groups is 1. The summed E-state index contributed by atoms with van der Waals surface area (Å²) in [6.45, 7) is 4.90. The van der Waals surface area contributed by atoms with Gasteiger partial charge in [0.2, 0.25) is 0 Å². The Morgan fingerprint density at radius 3 is 2.82 bits per heavy atom. The van der Waals surface area contributed by atoms with Crippen LogP contribution in [-0.4, -0.2) is 52.0 Å². The first-order chi connectivity index (χ1) is 10.7. The number of carbonyl (C=O) groups excluding carboxylic acids is 1. The Balaban J connectivity index is 1.40. The quantitative estimate of drug-likeness (QED) is 0.927. The van der Waals surface area contributed by atoms with Gasteiger partial charge in [-0.05, 0) is 44.7 Å². The van der Waals surface area contributed by atoms with Gasteiger partial charge in [-0.3, -0.25) is 9.88 Å². The molecule has 3 aliphatic rings. The van der Waals surface area contributed by atoms with Crippen LogP contribution in [-0.2, 0) is 6.54 Å². The number of likely N-dealkylation sites (tertiary alicyclic amines) is 2. The van der Waals surface area contributed by atoms with E-state index in [9.17, 15) is 4.79 Å². The fourth-order valence-corrected chi connectivity index (χ4v) is 3.90. The summed E-state index contributed by atoms with van der Waals surface area (Å²) in [5, 5.41) is 3.14. The van der Waals surface area contributed by atoms with Crippen LogP contribution < -0.4 is 5.32 Å². The third-order valence-corrected chi connectivity index (χ3v) is 5.17. The minimum Gasteiger partial charge on any atom is -0.335 e. The highest BCUT2D eigenvalue weighted by molar-refractivity contribution is 5.75. The maximum Gasteiger partial charge on any atom is 0.317 e. The Hall–Kier alpha value is -1.62. The van der Waals surface area contributed by atoms with Crippen molar-refractivity contribution in [2.75, 3.05) is 13.1 Å². The summed E-state index contributed by atoms with van der Waals surface area (Å²) in [6.07, 6.45) is 4.49. The van der Waals surface area contributed by atoms with E-state index in [-0.39, 0.29) is 6.03 Å². The van der Waals surface area contributed by atoms with Crippen molar-refractivity contribution in [1.82, 2.24) is 20.1 Å². The number of fused-ring (bicyclic) bond motifs is 1. The van der Waals surface area contributed by atoms with Gasteiger partial charge < -0.3 is 10.2 Å². The van der Waals surface area contributed by atoms with Crippen molar-refractivity contribution in [3.8, 4) is 0 Å². The minimum absolute atomic E-state index is 0.158. The number of aryl methyl sites for hydroxylation is 1. The summed E-state index contributed by atoms with van der Waals surface area (Å²) in [7, 11) is 0. The largest absolute Gasteiger partial charge is 0.335 e. The maximum atomic E-state index is 12.3. The van der Waals surface area contributed by atoms with Crippen molar-refractivity contribution in [3.63, 3.8) is 0 Å². The van der Waals surface area contributed by atoms with Gasteiger partial charge in [0.15, 0.2) is 0 Å².